The van der Waals surface area contributed by atoms with Gasteiger partial charge in [-0.3, -0.25) is 14.4 Å². The minimum absolute atomic E-state index is 0.161. The van der Waals surface area contributed by atoms with Crippen LogP contribution in [0.1, 0.15) is 200 Å². The predicted octanol–water partition coefficient (Wildman–Crippen LogP) is 14.3. The molecule has 0 aliphatic heterocycles. The van der Waals surface area contributed by atoms with E-state index in [0.29, 0.717) is 25.7 Å². The van der Waals surface area contributed by atoms with Crippen LogP contribution in [0.4, 0.5) is 0 Å². The normalized spacial score (nSPS) is 12.9. The van der Waals surface area contributed by atoms with Gasteiger partial charge in [0.2, 0.25) is 5.91 Å². The number of amides is 1. The Morgan fingerprint density at radius 1 is 0.500 bits per heavy atom. The third-order valence-electron chi connectivity index (χ3n) is 9.54. The van der Waals surface area contributed by atoms with Gasteiger partial charge in [0.05, 0.1) is 0 Å². The van der Waals surface area contributed by atoms with Gasteiger partial charge in [-0.05, 0) is 96.0 Å². The van der Waals surface area contributed by atoms with Crippen molar-refractivity contribution in [1.29, 1.82) is 0 Å². The second-order valence-corrected chi connectivity index (χ2v) is 14.9. The number of unbranched alkanes of at least 4 members (excludes halogenated alkanes) is 17. The van der Waals surface area contributed by atoms with Crippen molar-refractivity contribution in [3.63, 3.8) is 0 Å². The maximum Gasteiger partial charge on any atom is 0.322 e. The van der Waals surface area contributed by atoms with E-state index in [1.165, 1.54) is 96.3 Å². The van der Waals surface area contributed by atoms with Gasteiger partial charge in [-0.15, -0.1) is 0 Å². The lowest BCUT2D eigenvalue weighted by molar-refractivity contribution is -0.147. The molecule has 2 N–H and O–H groups in total. The van der Waals surface area contributed by atoms with Crippen molar-refractivity contribution >= 4 is 17.8 Å². The molecule has 6 heteroatoms. The standard InChI is InChI=1S/C50H83NO5/c1-3-5-7-9-11-13-15-17-19-20-21-22-23-24-25-26-27-29-31-33-35-37-39-45-50(55)56-47(43-40-41-44-48(52)51-46-49(53)54)42-38-36-34-32-30-28-18-16-14-12-10-8-6-4-2/h6,8,12,14-15,17-18,20-21,28,32,34,38,42,47H,3-5,7,9-11,13,16,19,22-27,29-31,33,35-37,39-41,43-46H2,1-2H3,(H,51,52)(H,53,54)/b8-6-,14-12-,17-15-,21-20-,28-18-,34-32-,42-38-. The highest BCUT2D eigenvalue weighted by molar-refractivity contribution is 5.81. The first-order valence-corrected chi connectivity index (χ1v) is 22.7. The molecule has 0 aliphatic carbocycles. The Kier molecular flexibility index (Phi) is 41.6. The molecular formula is C50H83NO5. The van der Waals surface area contributed by atoms with Gasteiger partial charge in [0.25, 0.3) is 0 Å². The third kappa shape index (κ3) is 43.3. The van der Waals surface area contributed by atoms with Crippen LogP contribution in [-0.4, -0.2) is 35.6 Å². The third-order valence-corrected chi connectivity index (χ3v) is 9.54. The molecule has 56 heavy (non-hydrogen) atoms. The Morgan fingerprint density at radius 3 is 1.43 bits per heavy atom. The highest BCUT2D eigenvalue weighted by atomic mass is 16.5. The number of hydrogen-bond acceptors (Lipinski definition) is 4. The molecule has 0 aromatic carbocycles. The molecule has 0 saturated carbocycles. The molecule has 0 bridgehead atoms. The lowest BCUT2D eigenvalue weighted by atomic mass is 10.0. The molecule has 0 aromatic rings. The van der Waals surface area contributed by atoms with Crippen LogP contribution in [0.25, 0.3) is 0 Å². The molecule has 0 heterocycles. The summed E-state index contributed by atoms with van der Waals surface area (Å²) in [7, 11) is 0. The lowest BCUT2D eigenvalue weighted by Crippen LogP contribution is -2.28. The van der Waals surface area contributed by atoms with E-state index in [4.69, 9.17) is 9.84 Å². The van der Waals surface area contributed by atoms with Gasteiger partial charge in [-0.25, -0.2) is 0 Å². The van der Waals surface area contributed by atoms with Crippen molar-refractivity contribution in [2.24, 2.45) is 0 Å². The van der Waals surface area contributed by atoms with Crippen LogP contribution in [0.2, 0.25) is 0 Å². The minimum Gasteiger partial charge on any atom is -0.480 e. The Labute approximate surface area is 344 Å². The molecule has 1 atom stereocenters. The van der Waals surface area contributed by atoms with Gasteiger partial charge in [0.15, 0.2) is 0 Å². The van der Waals surface area contributed by atoms with Crippen molar-refractivity contribution in [3.05, 3.63) is 85.1 Å². The van der Waals surface area contributed by atoms with E-state index in [0.717, 1.165) is 57.8 Å². The number of ether oxygens (including phenoxy) is 1. The highest BCUT2D eigenvalue weighted by Crippen LogP contribution is 2.15. The first kappa shape index (κ1) is 52.6. The summed E-state index contributed by atoms with van der Waals surface area (Å²) >= 11 is 0. The summed E-state index contributed by atoms with van der Waals surface area (Å²) in [5.74, 6) is -1.49. The van der Waals surface area contributed by atoms with Crippen LogP contribution in [0.3, 0.4) is 0 Å². The molecule has 0 saturated heterocycles. The van der Waals surface area contributed by atoms with Crippen molar-refractivity contribution in [3.8, 4) is 0 Å². The van der Waals surface area contributed by atoms with Crippen LogP contribution in [-0.2, 0) is 19.1 Å². The van der Waals surface area contributed by atoms with E-state index in [9.17, 15) is 14.4 Å². The second kappa shape index (κ2) is 44.3. The quantitative estimate of drug-likeness (QED) is 0.0367. The van der Waals surface area contributed by atoms with Crippen LogP contribution in [0, 0.1) is 0 Å². The Hall–Kier alpha value is -3.41. The summed E-state index contributed by atoms with van der Waals surface area (Å²) in [6.45, 7) is 4.04. The fourth-order valence-corrected chi connectivity index (χ4v) is 6.20. The molecule has 0 rings (SSSR count). The lowest BCUT2D eigenvalue weighted by Gasteiger charge is -2.14. The SMILES string of the molecule is CC/C=C\C/C=C\C/C=C\C/C=C\C/C=C\C(CCCCC(=O)NCC(=O)O)OC(=O)CCCCCCCCCCCCC/C=C\C/C=C\CCCCCCC. The second-order valence-electron chi connectivity index (χ2n) is 14.9. The van der Waals surface area contributed by atoms with Gasteiger partial charge in [-0.1, -0.05) is 176 Å². The largest absolute Gasteiger partial charge is 0.480 e. The van der Waals surface area contributed by atoms with E-state index < -0.39 is 5.97 Å². The van der Waals surface area contributed by atoms with Crippen molar-refractivity contribution in [2.45, 2.75) is 206 Å². The molecule has 0 spiro atoms. The van der Waals surface area contributed by atoms with Crippen molar-refractivity contribution in [1.82, 2.24) is 5.32 Å². The number of carbonyl (C=O) groups excluding carboxylic acids is 2. The molecule has 6 nitrogen and oxygen atoms in total. The topological polar surface area (TPSA) is 92.7 Å². The maximum atomic E-state index is 12.7. The van der Waals surface area contributed by atoms with E-state index >= 15 is 0 Å². The number of carboxylic acids is 1. The number of nitrogens with one attached hydrogen (secondary N) is 1. The fraction of sp³-hybridized carbons (Fsp3) is 0.660. The zero-order chi connectivity index (χ0) is 40.8. The first-order valence-electron chi connectivity index (χ1n) is 22.7. The van der Waals surface area contributed by atoms with Crippen molar-refractivity contribution in [2.75, 3.05) is 6.54 Å². The number of carboxylic acid groups (broad SMARTS) is 1. The molecule has 0 aromatic heterocycles. The summed E-state index contributed by atoms with van der Waals surface area (Å²) in [6.07, 6.45) is 61.6. The number of hydrogen-bond donors (Lipinski definition) is 2. The molecule has 1 amide bonds. The number of esters is 1. The number of rotatable bonds is 40. The zero-order valence-electron chi connectivity index (χ0n) is 36.0. The summed E-state index contributed by atoms with van der Waals surface area (Å²) in [6, 6.07) is 0. The first-order chi connectivity index (χ1) is 27.5. The van der Waals surface area contributed by atoms with E-state index in [1.54, 1.807) is 0 Å². The van der Waals surface area contributed by atoms with Crippen LogP contribution >= 0.6 is 0 Å². The Bertz CT molecular complexity index is 1130. The summed E-state index contributed by atoms with van der Waals surface area (Å²) in [5.41, 5.74) is 0. The highest BCUT2D eigenvalue weighted by Gasteiger charge is 2.12. The summed E-state index contributed by atoms with van der Waals surface area (Å²) in [5, 5.41) is 11.1. The summed E-state index contributed by atoms with van der Waals surface area (Å²) < 4.78 is 5.84. The molecule has 0 aliphatic rings. The van der Waals surface area contributed by atoms with Crippen LogP contribution in [0.15, 0.2) is 85.1 Å². The van der Waals surface area contributed by atoms with Gasteiger partial charge >= 0.3 is 11.9 Å². The zero-order valence-corrected chi connectivity index (χ0v) is 36.0. The van der Waals surface area contributed by atoms with E-state index in [-0.39, 0.29) is 30.9 Å². The maximum absolute atomic E-state index is 12.7. The van der Waals surface area contributed by atoms with E-state index in [1.807, 2.05) is 12.2 Å². The number of carbonyl (C=O) groups is 3. The molecule has 0 fully saturated rings. The van der Waals surface area contributed by atoms with Gasteiger partial charge in [-0.2, -0.15) is 0 Å². The predicted molar refractivity (Wildman–Crippen MR) is 240 cm³/mol. The number of aliphatic carboxylic acids is 1. The minimum atomic E-state index is -1.05. The molecular weight excluding hydrogens is 695 g/mol. The molecule has 0 radical (unpaired) electrons. The smallest absolute Gasteiger partial charge is 0.322 e. The van der Waals surface area contributed by atoms with Crippen LogP contribution in [0.5, 0.6) is 0 Å². The average Bonchev–Trinajstić information content (AvgIpc) is 3.18. The van der Waals surface area contributed by atoms with Crippen molar-refractivity contribution < 1.29 is 24.2 Å². The average molecular weight is 778 g/mol. The Morgan fingerprint density at radius 2 is 0.929 bits per heavy atom. The van der Waals surface area contributed by atoms with Gasteiger partial charge in [0, 0.05) is 12.8 Å². The van der Waals surface area contributed by atoms with Gasteiger partial charge < -0.3 is 15.2 Å². The van der Waals surface area contributed by atoms with Gasteiger partial charge in [0.1, 0.15) is 12.6 Å². The Balaban J connectivity index is 4.15. The number of allylic oxidation sites excluding steroid dienone is 13. The van der Waals surface area contributed by atoms with E-state index in [2.05, 4.69) is 92.1 Å². The fourth-order valence-electron chi connectivity index (χ4n) is 6.20. The van der Waals surface area contributed by atoms with Crippen LogP contribution < -0.4 is 5.32 Å². The molecule has 1 unspecified atom stereocenters. The molecule has 318 valence electrons. The summed E-state index contributed by atoms with van der Waals surface area (Å²) in [4.78, 5) is 35.2. The monoisotopic (exact) mass is 778 g/mol.